The molecule has 3 saturated heterocycles. The summed E-state index contributed by atoms with van der Waals surface area (Å²) in [5.41, 5.74) is 0.359. The average molecular weight is 322 g/mol. The molecule has 3 fully saturated rings. The van der Waals surface area contributed by atoms with E-state index in [9.17, 15) is 4.79 Å². The molecule has 1 unspecified atom stereocenters. The number of carbonyl (C=O) groups is 1. The second kappa shape index (κ2) is 7.51. The molecule has 3 rings (SSSR count). The van der Waals surface area contributed by atoms with Crippen LogP contribution in [-0.4, -0.2) is 74.1 Å². The molecule has 1 N–H and O–H groups in total. The minimum atomic E-state index is 0.309. The standard InChI is InChI=1S/C17H30N4O2/c1-2-18-16(19-8-4-10-20-9-3-5-15(20)22)21-11-6-17(13-21)7-12-23-14-17/h2-14H2,1H3,(H,18,19). The molecule has 1 amide bonds. The molecule has 130 valence electrons. The van der Waals surface area contributed by atoms with E-state index < -0.39 is 0 Å². The highest BCUT2D eigenvalue weighted by Gasteiger charge is 2.42. The summed E-state index contributed by atoms with van der Waals surface area (Å²) in [5.74, 6) is 1.34. The Bertz CT molecular complexity index is 446. The Morgan fingerprint density at radius 3 is 3.00 bits per heavy atom. The number of carbonyl (C=O) groups excluding carboxylic acids is 1. The summed E-state index contributed by atoms with van der Waals surface area (Å²) < 4.78 is 5.61. The van der Waals surface area contributed by atoms with Crippen LogP contribution in [0.3, 0.4) is 0 Å². The fourth-order valence-electron chi connectivity index (χ4n) is 3.90. The second-order valence-electron chi connectivity index (χ2n) is 7.05. The summed E-state index contributed by atoms with van der Waals surface area (Å²) in [6.45, 7) is 9.50. The number of guanidine groups is 1. The quantitative estimate of drug-likeness (QED) is 0.467. The number of hydrogen-bond donors (Lipinski definition) is 1. The average Bonchev–Trinajstić information content (AvgIpc) is 3.27. The van der Waals surface area contributed by atoms with Crippen molar-refractivity contribution in [1.82, 2.24) is 15.1 Å². The molecule has 3 aliphatic heterocycles. The Kier molecular flexibility index (Phi) is 5.41. The minimum Gasteiger partial charge on any atom is -0.381 e. The predicted molar refractivity (Wildman–Crippen MR) is 90.5 cm³/mol. The first kappa shape index (κ1) is 16.6. The van der Waals surface area contributed by atoms with Crippen LogP contribution in [0.5, 0.6) is 0 Å². The van der Waals surface area contributed by atoms with Crippen molar-refractivity contribution in [3.63, 3.8) is 0 Å². The largest absolute Gasteiger partial charge is 0.381 e. The van der Waals surface area contributed by atoms with Gasteiger partial charge in [-0.05, 0) is 32.6 Å². The maximum Gasteiger partial charge on any atom is 0.222 e. The number of likely N-dealkylation sites (tertiary alicyclic amines) is 2. The molecular formula is C17H30N4O2. The van der Waals surface area contributed by atoms with E-state index in [0.717, 1.165) is 77.7 Å². The van der Waals surface area contributed by atoms with Gasteiger partial charge < -0.3 is 19.9 Å². The van der Waals surface area contributed by atoms with Crippen molar-refractivity contribution in [1.29, 1.82) is 0 Å². The molecule has 0 aromatic carbocycles. The van der Waals surface area contributed by atoms with Crippen molar-refractivity contribution in [3.8, 4) is 0 Å². The van der Waals surface area contributed by atoms with Gasteiger partial charge in [-0.15, -0.1) is 0 Å². The molecule has 0 bridgehead atoms. The van der Waals surface area contributed by atoms with Crippen LogP contribution in [0.2, 0.25) is 0 Å². The monoisotopic (exact) mass is 322 g/mol. The van der Waals surface area contributed by atoms with E-state index >= 15 is 0 Å². The van der Waals surface area contributed by atoms with Gasteiger partial charge in [0.15, 0.2) is 5.96 Å². The van der Waals surface area contributed by atoms with Gasteiger partial charge in [-0.2, -0.15) is 0 Å². The molecule has 3 heterocycles. The molecule has 6 nitrogen and oxygen atoms in total. The third-order valence-electron chi connectivity index (χ3n) is 5.28. The predicted octanol–water partition coefficient (Wildman–Crippen LogP) is 1.08. The summed E-state index contributed by atoms with van der Waals surface area (Å²) in [5, 5.41) is 3.42. The van der Waals surface area contributed by atoms with E-state index in [1.54, 1.807) is 0 Å². The smallest absolute Gasteiger partial charge is 0.222 e. The van der Waals surface area contributed by atoms with Crippen LogP contribution in [-0.2, 0) is 9.53 Å². The summed E-state index contributed by atoms with van der Waals surface area (Å²) in [6.07, 6.45) is 5.08. The van der Waals surface area contributed by atoms with Gasteiger partial charge in [0.25, 0.3) is 0 Å². The molecule has 0 saturated carbocycles. The first-order chi connectivity index (χ1) is 11.2. The highest BCUT2D eigenvalue weighted by Crippen LogP contribution is 2.38. The van der Waals surface area contributed by atoms with Crippen molar-refractivity contribution in [2.75, 3.05) is 52.5 Å². The Morgan fingerprint density at radius 1 is 1.39 bits per heavy atom. The number of aliphatic imine (C=N–C) groups is 1. The zero-order chi connectivity index (χ0) is 16.1. The SMILES string of the molecule is CCNC(=NCCCN1CCCC1=O)N1CCC2(CCOC2)C1. The van der Waals surface area contributed by atoms with E-state index in [4.69, 9.17) is 9.73 Å². The summed E-state index contributed by atoms with van der Waals surface area (Å²) in [6, 6.07) is 0. The van der Waals surface area contributed by atoms with Crippen LogP contribution in [0.25, 0.3) is 0 Å². The van der Waals surface area contributed by atoms with Gasteiger partial charge in [-0.25, -0.2) is 0 Å². The van der Waals surface area contributed by atoms with Crippen LogP contribution >= 0.6 is 0 Å². The van der Waals surface area contributed by atoms with Gasteiger partial charge in [0, 0.05) is 57.7 Å². The van der Waals surface area contributed by atoms with Crippen molar-refractivity contribution < 1.29 is 9.53 Å². The molecule has 1 spiro atoms. The molecule has 0 aliphatic carbocycles. The van der Waals surface area contributed by atoms with Gasteiger partial charge in [0.05, 0.1) is 6.61 Å². The number of hydrogen-bond acceptors (Lipinski definition) is 3. The maximum atomic E-state index is 11.6. The number of nitrogens with one attached hydrogen (secondary N) is 1. The van der Waals surface area contributed by atoms with E-state index in [2.05, 4.69) is 17.1 Å². The number of amides is 1. The highest BCUT2D eigenvalue weighted by atomic mass is 16.5. The van der Waals surface area contributed by atoms with E-state index in [0.29, 0.717) is 11.3 Å². The van der Waals surface area contributed by atoms with E-state index in [1.165, 1.54) is 12.8 Å². The van der Waals surface area contributed by atoms with Crippen LogP contribution in [0.4, 0.5) is 0 Å². The van der Waals surface area contributed by atoms with E-state index in [1.807, 2.05) is 4.90 Å². The lowest BCUT2D eigenvalue weighted by Crippen LogP contribution is -2.41. The first-order valence-electron chi connectivity index (χ1n) is 9.11. The third-order valence-corrected chi connectivity index (χ3v) is 5.28. The highest BCUT2D eigenvalue weighted by molar-refractivity contribution is 5.80. The molecule has 3 aliphatic rings. The van der Waals surface area contributed by atoms with Crippen LogP contribution < -0.4 is 5.32 Å². The fourth-order valence-corrected chi connectivity index (χ4v) is 3.90. The Morgan fingerprint density at radius 2 is 2.30 bits per heavy atom. The normalized spacial score (nSPS) is 28.4. The van der Waals surface area contributed by atoms with Crippen molar-refractivity contribution in [3.05, 3.63) is 0 Å². The van der Waals surface area contributed by atoms with Crippen molar-refractivity contribution in [2.45, 2.75) is 39.0 Å². The molecular weight excluding hydrogens is 292 g/mol. The van der Waals surface area contributed by atoms with Crippen LogP contribution in [0.15, 0.2) is 4.99 Å². The fraction of sp³-hybridized carbons (Fsp3) is 0.882. The van der Waals surface area contributed by atoms with Crippen molar-refractivity contribution in [2.24, 2.45) is 10.4 Å². The molecule has 6 heteroatoms. The Labute approximate surface area is 139 Å². The molecule has 23 heavy (non-hydrogen) atoms. The second-order valence-corrected chi connectivity index (χ2v) is 7.05. The van der Waals surface area contributed by atoms with Crippen molar-refractivity contribution >= 4 is 11.9 Å². The van der Waals surface area contributed by atoms with Gasteiger partial charge in [-0.3, -0.25) is 9.79 Å². The maximum absolute atomic E-state index is 11.6. The van der Waals surface area contributed by atoms with Gasteiger partial charge in [-0.1, -0.05) is 0 Å². The minimum absolute atomic E-state index is 0.309. The lowest BCUT2D eigenvalue weighted by atomic mass is 9.87. The van der Waals surface area contributed by atoms with Crippen LogP contribution in [0, 0.1) is 5.41 Å². The molecule has 0 aromatic heterocycles. The lowest BCUT2D eigenvalue weighted by molar-refractivity contribution is -0.127. The van der Waals surface area contributed by atoms with Crippen LogP contribution in [0.1, 0.15) is 39.0 Å². The van der Waals surface area contributed by atoms with E-state index in [-0.39, 0.29) is 0 Å². The molecule has 1 atom stereocenters. The number of nitrogens with zero attached hydrogens (tertiary/aromatic N) is 3. The summed E-state index contributed by atoms with van der Waals surface area (Å²) in [4.78, 5) is 20.8. The Hall–Kier alpha value is -1.30. The summed E-state index contributed by atoms with van der Waals surface area (Å²) >= 11 is 0. The Balaban J connectivity index is 1.48. The number of ether oxygens (including phenoxy) is 1. The van der Waals surface area contributed by atoms with Gasteiger partial charge in [0.1, 0.15) is 0 Å². The molecule has 0 aromatic rings. The molecule has 0 radical (unpaired) electrons. The first-order valence-corrected chi connectivity index (χ1v) is 9.11. The number of rotatable bonds is 5. The summed E-state index contributed by atoms with van der Waals surface area (Å²) in [7, 11) is 0. The third kappa shape index (κ3) is 3.97. The lowest BCUT2D eigenvalue weighted by Gasteiger charge is -2.25. The van der Waals surface area contributed by atoms with Gasteiger partial charge in [0.2, 0.25) is 5.91 Å². The zero-order valence-corrected chi connectivity index (χ0v) is 14.4. The van der Waals surface area contributed by atoms with Gasteiger partial charge >= 0.3 is 0 Å². The zero-order valence-electron chi connectivity index (χ0n) is 14.4. The topological polar surface area (TPSA) is 57.2 Å².